The standard InChI is InChI=1S/C17H21ClN2O4/c18-13-5-3-12(4-6-13)17(24)9-20(10-17)16(23)19-14-7-1-11(2-8-14)15(21)22/h3-6,11,14,24H,1-2,7-10H2,(H,19,23)(H,21,22). The molecule has 1 aromatic rings. The summed E-state index contributed by atoms with van der Waals surface area (Å²) in [6.07, 6.45) is 2.54. The van der Waals surface area contributed by atoms with Gasteiger partial charge in [-0.1, -0.05) is 23.7 Å². The summed E-state index contributed by atoms with van der Waals surface area (Å²) in [6.45, 7) is 0.482. The van der Waals surface area contributed by atoms with E-state index in [0.29, 0.717) is 30.7 Å². The summed E-state index contributed by atoms with van der Waals surface area (Å²) in [4.78, 5) is 24.8. The number of nitrogens with one attached hydrogen (secondary N) is 1. The van der Waals surface area contributed by atoms with E-state index < -0.39 is 11.6 Å². The van der Waals surface area contributed by atoms with Crippen LogP contribution in [0.25, 0.3) is 0 Å². The molecule has 1 aliphatic carbocycles. The van der Waals surface area contributed by atoms with Crippen LogP contribution in [0.2, 0.25) is 5.02 Å². The molecule has 6 nitrogen and oxygen atoms in total. The van der Waals surface area contributed by atoms with E-state index in [1.165, 1.54) is 0 Å². The number of hydrogen-bond acceptors (Lipinski definition) is 3. The third-order valence-electron chi connectivity index (χ3n) is 4.98. The van der Waals surface area contributed by atoms with Gasteiger partial charge in [-0.2, -0.15) is 0 Å². The molecular formula is C17H21ClN2O4. The Hall–Kier alpha value is -1.79. The Kier molecular flexibility index (Phi) is 4.69. The molecule has 0 bridgehead atoms. The molecule has 1 aromatic carbocycles. The average Bonchev–Trinajstić information content (AvgIpc) is 2.53. The van der Waals surface area contributed by atoms with Gasteiger partial charge in [0.05, 0.1) is 19.0 Å². The number of carbonyl (C=O) groups is 2. The number of rotatable bonds is 3. The fourth-order valence-electron chi connectivity index (χ4n) is 3.42. The van der Waals surface area contributed by atoms with Gasteiger partial charge in [-0.3, -0.25) is 4.79 Å². The SMILES string of the molecule is O=C(O)C1CCC(NC(=O)N2CC(O)(c3ccc(Cl)cc3)C2)CC1. The Morgan fingerprint density at radius 1 is 1.12 bits per heavy atom. The van der Waals surface area contributed by atoms with E-state index in [9.17, 15) is 14.7 Å². The number of carbonyl (C=O) groups excluding carboxylic acids is 1. The number of halogens is 1. The molecule has 3 rings (SSSR count). The smallest absolute Gasteiger partial charge is 0.317 e. The number of nitrogens with zero attached hydrogens (tertiary/aromatic N) is 1. The lowest BCUT2D eigenvalue weighted by Gasteiger charge is -2.47. The predicted octanol–water partition coefficient (Wildman–Crippen LogP) is 2.20. The van der Waals surface area contributed by atoms with Crippen molar-refractivity contribution in [2.24, 2.45) is 5.92 Å². The van der Waals surface area contributed by atoms with Crippen molar-refractivity contribution < 1.29 is 19.8 Å². The number of aliphatic hydroxyl groups is 1. The zero-order valence-corrected chi connectivity index (χ0v) is 14.0. The number of β-amino-alcohol motifs (C(OH)–C–C–N with tert-alkyl or cyclic N) is 1. The molecule has 1 aliphatic heterocycles. The van der Waals surface area contributed by atoms with E-state index in [1.807, 2.05) is 0 Å². The Morgan fingerprint density at radius 3 is 2.25 bits per heavy atom. The monoisotopic (exact) mass is 352 g/mol. The molecular weight excluding hydrogens is 332 g/mol. The van der Waals surface area contributed by atoms with E-state index >= 15 is 0 Å². The van der Waals surface area contributed by atoms with Crippen molar-refractivity contribution in [3.8, 4) is 0 Å². The van der Waals surface area contributed by atoms with Gasteiger partial charge in [0, 0.05) is 11.1 Å². The zero-order chi connectivity index (χ0) is 17.3. The first kappa shape index (κ1) is 17.0. The minimum atomic E-state index is -1.02. The lowest BCUT2D eigenvalue weighted by Crippen LogP contribution is -2.64. The minimum Gasteiger partial charge on any atom is -0.481 e. The van der Waals surface area contributed by atoms with Gasteiger partial charge in [0.25, 0.3) is 0 Å². The van der Waals surface area contributed by atoms with Crippen LogP contribution in [0.5, 0.6) is 0 Å². The maximum atomic E-state index is 12.2. The highest BCUT2D eigenvalue weighted by molar-refractivity contribution is 6.30. The summed E-state index contributed by atoms with van der Waals surface area (Å²) < 4.78 is 0. The first-order valence-electron chi connectivity index (χ1n) is 8.14. The number of aliphatic carboxylic acids is 1. The summed E-state index contributed by atoms with van der Waals surface area (Å²) in [6, 6.07) is 6.79. The highest BCUT2D eigenvalue weighted by Crippen LogP contribution is 2.33. The van der Waals surface area contributed by atoms with Crippen LogP contribution in [0.4, 0.5) is 4.79 Å². The van der Waals surface area contributed by atoms with Crippen LogP contribution >= 0.6 is 11.6 Å². The Morgan fingerprint density at radius 2 is 1.71 bits per heavy atom. The molecule has 3 N–H and O–H groups in total. The van der Waals surface area contributed by atoms with Crippen LogP contribution < -0.4 is 5.32 Å². The second-order valence-electron chi connectivity index (χ2n) is 6.73. The molecule has 0 aromatic heterocycles. The fraction of sp³-hybridized carbons (Fsp3) is 0.529. The molecule has 7 heteroatoms. The molecule has 2 amide bonds. The summed E-state index contributed by atoms with van der Waals surface area (Å²) in [5.41, 5.74) is -0.277. The summed E-state index contributed by atoms with van der Waals surface area (Å²) in [5.74, 6) is -1.05. The maximum absolute atomic E-state index is 12.2. The largest absolute Gasteiger partial charge is 0.481 e. The van der Waals surface area contributed by atoms with Gasteiger partial charge >= 0.3 is 12.0 Å². The second kappa shape index (κ2) is 6.61. The lowest BCUT2D eigenvalue weighted by molar-refractivity contribution is -0.142. The molecule has 1 heterocycles. The van der Waals surface area contributed by atoms with Gasteiger partial charge in [-0.05, 0) is 43.4 Å². The molecule has 0 spiro atoms. The lowest BCUT2D eigenvalue weighted by atomic mass is 9.85. The Balaban J connectivity index is 1.48. The second-order valence-corrected chi connectivity index (χ2v) is 7.17. The number of carboxylic acids is 1. The summed E-state index contributed by atoms with van der Waals surface area (Å²) >= 11 is 5.85. The molecule has 24 heavy (non-hydrogen) atoms. The van der Waals surface area contributed by atoms with Gasteiger partial charge < -0.3 is 20.4 Å². The van der Waals surface area contributed by atoms with Crippen molar-refractivity contribution in [3.05, 3.63) is 34.9 Å². The topological polar surface area (TPSA) is 89.9 Å². The van der Waals surface area contributed by atoms with Crippen LogP contribution in [0.15, 0.2) is 24.3 Å². The molecule has 2 aliphatic rings. The van der Waals surface area contributed by atoms with Crippen LogP contribution in [-0.2, 0) is 10.4 Å². The van der Waals surface area contributed by atoms with E-state index in [0.717, 1.165) is 5.56 Å². The van der Waals surface area contributed by atoms with E-state index in [4.69, 9.17) is 16.7 Å². The molecule has 0 atom stereocenters. The Labute approximate surface area is 145 Å². The number of hydrogen-bond donors (Lipinski definition) is 3. The fourth-order valence-corrected chi connectivity index (χ4v) is 3.55. The van der Waals surface area contributed by atoms with Crippen molar-refractivity contribution in [1.29, 1.82) is 0 Å². The molecule has 0 unspecified atom stereocenters. The zero-order valence-electron chi connectivity index (χ0n) is 13.2. The van der Waals surface area contributed by atoms with Crippen molar-refractivity contribution in [3.63, 3.8) is 0 Å². The molecule has 1 saturated carbocycles. The third-order valence-corrected chi connectivity index (χ3v) is 5.23. The highest BCUT2D eigenvalue weighted by atomic mass is 35.5. The number of carboxylic acid groups (broad SMARTS) is 1. The van der Waals surface area contributed by atoms with Crippen molar-refractivity contribution >= 4 is 23.6 Å². The van der Waals surface area contributed by atoms with Gasteiger partial charge in [0.1, 0.15) is 5.60 Å². The first-order chi connectivity index (χ1) is 11.4. The van der Waals surface area contributed by atoms with Gasteiger partial charge in [0.15, 0.2) is 0 Å². The highest BCUT2D eigenvalue weighted by Gasteiger charge is 2.45. The van der Waals surface area contributed by atoms with Crippen molar-refractivity contribution in [2.75, 3.05) is 13.1 Å². The van der Waals surface area contributed by atoms with E-state index in [2.05, 4.69) is 5.32 Å². The van der Waals surface area contributed by atoms with Crippen LogP contribution in [0.3, 0.4) is 0 Å². The maximum Gasteiger partial charge on any atom is 0.317 e. The Bertz CT molecular complexity index is 620. The molecule has 1 saturated heterocycles. The van der Waals surface area contributed by atoms with Crippen molar-refractivity contribution in [2.45, 2.75) is 37.3 Å². The van der Waals surface area contributed by atoms with Gasteiger partial charge in [-0.25, -0.2) is 4.79 Å². The number of benzene rings is 1. The van der Waals surface area contributed by atoms with Crippen LogP contribution in [0, 0.1) is 5.92 Å². The number of amides is 2. The van der Waals surface area contributed by atoms with Crippen LogP contribution in [0.1, 0.15) is 31.2 Å². The summed E-state index contributed by atoms with van der Waals surface area (Å²) in [5, 5.41) is 23.1. The first-order valence-corrected chi connectivity index (χ1v) is 8.52. The van der Waals surface area contributed by atoms with Crippen LogP contribution in [-0.4, -0.2) is 46.2 Å². The molecule has 2 fully saturated rings. The minimum absolute atomic E-state index is 0.0114. The average molecular weight is 353 g/mol. The van der Waals surface area contributed by atoms with E-state index in [-0.39, 0.29) is 31.1 Å². The number of likely N-dealkylation sites (tertiary alicyclic amines) is 1. The molecule has 0 radical (unpaired) electrons. The summed E-state index contributed by atoms with van der Waals surface area (Å²) in [7, 11) is 0. The van der Waals surface area contributed by atoms with Gasteiger partial charge in [0.2, 0.25) is 0 Å². The normalized spacial score (nSPS) is 25.7. The number of urea groups is 1. The molecule has 130 valence electrons. The third kappa shape index (κ3) is 3.49. The predicted molar refractivity (Wildman–Crippen MR) is 88.8 cm³/mol. The van der Waals surface area contributed by atoms with Gasteiger partial charge in [-0.15, -0.1) is 0 Å². The van der Waals surface area contributed by atoms with E-state index in [1.54, 1.807) is 29.2 Å². The van der Waals surface area contributed by atoms with Crippen molar-refractivity contribution in [1.82, 2.24) is 10.2 Å². The quantitative estimate of drug-likeness (QED) is 0.778.